The molecule has 0 radical (unpaired) electrons. The lowest BCUT2D eigenvalue weighted by atomic mass is 10.4. The number of H-pyrrole nitrogens is 1. The maximum atomic E-state index is 5.10. The van der Waals surface area contributed by atoms with Crippen molar-refractivity contribution in [1.82, 2.24) is 19.9 Å². The summed E-state index contributed by atoms with van der Waals surface area (Å²) in [6.45, 7) is 0. The Kier molecular flexibility index (Phi) is 1.38. The van der Waals surface area contributed by atoms with Crippen molar-refractivity contribution in [2.45, 2.75) is 0 Å². The molecule has 0 fully saturated rings. The first-order valence-electron chi connectivity index (χ1n) is 4.13. The lowest BCUT2D eigenvalue weighted by Gasteiger charge is -1.93. The third-order valence-electron chi connectivity index (χ3n) is 1.92. The van der Waals surface area contributed by atoms with E-state index in [0.29, 0.717) is 11.7 Å². The minimum absolute atomic E-state index is 0.432. The molecule has 0 aliphatic heterocycles. The quantitative estimate of drug-likeness (QED) is 0.626. The summed E-state index contributed by atoms with van der Waals surface area (Å²) in [5, 5.41) is 0.973. The van der Waals surface area contributed by atoms with Gasteiger partial charge >= 0.3 is 0 Å². The van der Waals surface area contributed by atoms with Gasteiger partial charge in [-0.1, -0.05) is 0 Å². The van der Waals surface area contributed by atoms with Crippen LogP contribution in [-0.2, 0) is 0 Å². The molecule has 0 aliphatic rings. The summed E-state index contributed by atoms with van der Waals surface area (Å²) in [5.74, 6) is 0.923. The standard InChI is InChI=1S/C9H6N4O/c1-2-10-7-6(1)5-12-8(13-7)9-11-3-4-14-9/h1-5H,(H,10,12,13). The van der Waals surface area contributed by atoms with Gasteiger partial charge in [-0.25, -0.2) is 15.0 Å². The van der Waals surface area contributed by atoms with Crippen LogP contribution in [0.2, 0.25) is 0 Å². The molecule has 0 spiro atoms. The summed E-state index contributed by atoms with van der Waals surface area (Å²) in [5.41, 5.74) is 0.785. The number of hydrogen-bond acceptors (Lipinski definition) is 4. The average Bonchev–Trinajstić information content (AvgIpc) is 2.88. The van der Waals surface area contributed by atoms with Crippen molar-refractivity contribution < 1.29 is 4.42 Å². The van der Waals surface area contributed by atoms with Crippen molar-refractivity contribution in [2.75, 3.05) is 0 Å². The fraction of sp³-hybridized carbons (Fsp3) is 0. The zero-order chi connectivity index (χ0) is 9.38. The summed E-state index contributed by atoms with van der Waals surface area (Å²) in [4.78, 5) is 15.4. The number of aromatic nitrogens is 4. The van der Waals surface area contributed by atoms with Crippen LogP contribution < -0.4 is 0 Å². The first-order chi connectivity index (χ1) is 6.93. The van der Waals surface area contributed by atoms with Gasteiger partial charge in [0, 0.05) is 17.8 Å². The van der Waals surface area contributed by atoms with Gasteiger partial charge in [0.2, 0.25) is 5.82 Å². The molecule has 0 atom stereocenters. The molecule has 0 amide bonds. The topological polar surface area (TPSA) is 67.6 Å². The Bertz CT molecular complexity index is 555. The lowest BCUT2D eigenvalue weighted by Crippen LogP contribution is -1.88. The highest BCUT2D eigenvalue weighted by Crippen LogP contribution is 2.14. The van der Waals surface area contributed by atoms with Crippen molar-refractivity contribution in [3.63, 3.8) is 0 Å². The number of hydrogen-bond donors (Lipinski definition) is 1. The molecule has 0 bridgehead atoms. The van der Waals surface area contributed by atoms with Crippen LogP contribution in [0.3, 0.4) is 0 Å². The van der Waals surface area contributed by atoms with Crippen LogP contribution in [0.1, 0.15) is 0 Å². The first-order valence-corrected chi connectivity index (χ1v) is 4.13. The van der Waals surface area contributed by atoms with Crippen molar-refractivity contribution in [3.05, 3.63) is 30.9 Å². The van der Waals surface area contributed by atoms with Crippen molar-refractivity contribution in [3.8, 4) is 11.7 Å². The van der Waals surface area contributed by atoms with Crippen LogP contribution in [0, 0.1) is 0 Å². The van der Waals surface area contributed by atoms with Gasteiger partial charge in [0.1, 0.15) is 11.9 Å². The van der Waals surface area contributed by atoms with Gasteiger partial charge < -0.3 is 9.40 Å². The number of oxazole rings is 1. The number of nitrogens with one attached hydrogen (secondary N) is 1. The number of rotatable bonds is 1. The molecule has 3 aromatic rings. The number of aromatic amines is 1. The van der Waals surface area contributed by atoms with Gasteiger partial charge in [-0.05, 0) is 6.07 Å². The van der Waals surface area contributed by atoms with E-state index >= 15 is 0 Å². The van der Waals surface area contributed by atoms with E-state index in [2.05, 4.69) is 19.9 Å². The molecule has 14 heavy (non-hydrogen) atoms. The monoisotopic (exact) mass is 186 g/mol. The Hall–Kier alpha value is -2.17. The molecule has 0 saturated carbocycles. The molecule has 0 aromatic carbocycles. The molecule has 0 saturated heterocycles. The molecule has 3 heterocycles. The Labute approximate surface area is 78.8 Å². The number of nitrogens with zero attached hydrogens (tertiary/aromatic N) is 3. The molecule has 68 valence electrons. The van der Waals surface area contributed by atoms with Gasteiger partial charge in [-0.15, -0.1) is 0 Å². The SMILES string of the molecule is c1coc(-c2ncc3cc[nH]c3n2)n1. The summed E-state index contributed by atoms with van der Waals surface area (Å²) >= 11 is 0. The second-order valence-electron chi connectivity index (χ2n) is 2.81. The normalized spacial score (nSPS) is 10.9. The summed E-state index contributed by atoms with van der Waals surface area (Å²) in [6.07, 6.45) is 6.62. The van der Waals surface area contributed by atoms with Crippen LogP contribution in [0.5, 0.6) is 0 Å². The van der Waals surface area contributed by atoms with E-state index in [1.807, 2.05) is 12.3 Å². The van der Waals surface area contributed by atoms with Gasteiger partial charge in [0.15, 0.2) is 0 Å². The minimum Gasteiger partial charge on any atom is -0.442 e. The predicted molar refractivity (Wildman–Crippen MR) is 49.4 cm³/mol. The lowest BCUT2D eigenvalue weighted by molar-refractivity contribution is 0.569. The highest BCUT2D eigenvalue weighted by Gasteiger charge is 2.06. The second-order valence-corrected chi connectivity index (χ2v) is 2.81. The van der Waals surface area contributed by atoms with E-state index in [9.17, 15) is 0 Å². The molecule has 1 N–H and O–H groups in total. The number of fused-ring (bicyclic) bond motifs is 1. The van der Waals surface area contributed by atoms with E-state index in [0.717, 1.165) is 11.0 Å². The van der Waals surface area contributed by atoms with Crippen molar-refractivity contribution in [1.29, 1.82) is 0 Å². The Morgan fingerprint density at radius 2 is 2.29 bits per heavy atom. The largest absolute Gasteiger partial charge is 0.442 e. The smallest absolute Gasteiger partial charge is 0.264 e. The van der Waals surface area contributed by atoms with Crippen LogP contribution in [0.15, 0.2) is 35.3 Å². The van der Waals surface area contributed by atoms with E-state index in [1.165, 1.54) is 6.26 Å². The van der Waals surface area contributed by atoms with Gasteiger partial charge in [-0.3, -0.25) is 0 Å². The average molecular weight is 186 g/mol. The van der Waals surface area contributed by atoms with Crippen molar-refractivity contribution in [2.24, 2.45) is 0 Å². The molecule has 0 aliphatic carbocycles. The van der Waals surface area contributed by atoms with Gasteiger partial charge in [0.05, 0.1) is 6.20 Å². The second kappa shape index (κ2) is 2.66. The van der Waals surface area contributed by atoms with Crippen LogP contribution in [0.4, 0.5) is 0 Å². The molecule has 5 heteroatoms. The highest BCUT2D eigenvalue weighted by molar-refractivity contribution is 5.75. The molecular formula is C9H6N4O. The van der Waals surface area contributed by atoms with Gasteiger partial charge in [-0.2, -0.15) is 0 Å². The van der Waals surface area contributed by atoms with Crippen LogP contribution in [0.25, 0.3) is 22.7 Å². The van der Waals surface area contributed by atoms with Crippen LogP contribution in [-0.4, -0.2) is 19.9 Å². The Morgan fingerprint density at radius 3 is 3.14 bits per heavy atom. The third kappa shape index (κ3) is 0.990. The Morgan fingerprint density at radius 1 is 1.29 bits per heavy atom. The molecular weight excluding hydrogens is 180 g/mol. The predicted octanol–water partition coefficient (Wildman–Crippen LogP) is 1.61. The molecule has 3 aromatic heterocycles. The fourth-order valence-corrected chi connectivity index (χ4v) is 1.28. The summed E-state index contributed by atoms with van der Waals surface area (Å²) in [7, 11) is 0. The minimum atomic E-state index is 0.432. The molecule has 5 nitrogen and oxygen atoms in total. The van der Waals surface area contributed by atoms with Crippen LogP contribution >= 0.6 is 0 Å². The molecule has 0 unspecified atom stereocenters. The maximum absolute atomic E-state index is 5.10. The molecule has 3 rings (SSSR count). The van der Waals surface area contributed by atoms with E-state index in [-0.39, 0.29) is 0 Å². The van der Waals surface area contributed by atoms with Crippen molar-refractivity contribution >= 4 is 11.0 Å². The zero-order valence-corrected chi connectivity index (χ0v) is 7.14. The van der Waals surface area contributed by atoms with Gasteiger partial charge in [0.25, 0.3) is 5.89 Å². The van der Waals surface area contributed by atoms with E-state index in [4.69, 9.17) is 4.42 Å². The third-order valence-corrected chi connectivity index (χ3v) is 1.92. The summed E-state index contributed by atoms with van der Waals surface area (Å²) < 4.78 is 5.10. The Balaban J connectivity index is 2.23. The highest BCUT2D eigenvalue weighted by atomic mass is 16.3. The maximum Gasteiger partial charge on any atom is 0.264 e. The van der Waals surface area contributed by atoms with E-state index < -0.39 is 0 Å². The zero-order valence-electron chi connectivity index (χ0n) is 7.14. The van der Waals surface area contributed by atoms with E-state index in [1.54, 1.807) is 12.4 Å². The summed E-state index contributed by atoms with van der Waals surface area (Å²) in [6, 6.07) is 1.91. The fourth-order valence-electron chi connectivity index (χ4n) is 1.28. The first kappa shape index (κ1) is 7.25.